The average Bonchev–Trinajstić information content (AvgIpc) is 2.90. The van der Waals surface area contributed by atoms with Gasteiger partial charge in [0, 0.05) is 18.5 Å². The molecule has 188 valence electrons. The molecule has 2 fully saturated rings. The smallest absolute Gasteiger partial charge is 0.247 e. The van der Waals surface area contributed by atoms with Crippen molar-refractivity contribution in [3.8, 4) is 23.0 Å². The molecule has 35 heavy (non-hydrogen) atoms. The summed E-state index contributed by atoms with van der Waals surface area (Å²) in [6, 6.07) is 11.3. The van der Waals surface area contributed by atoms with E-state index in [0.29, 0.717) is 30.2 Å². The van der Waals surface area contributed by atoms with Crippen molar-refractivity contribution in [1.82, 2.24) is 4.90 Å². The van der Waals surface area contributed by atoms with E-state index < -0.39 is 5.60 Å². The first-order valence-electron chi connectivity index (χ1n) is 12.1. The van der Waals surface area contributed by atoms with Crippen molar-refractivity contribution in [1.29, 1.82) is 0 Å². The fourth-order valence-corrected chi connectivity index (χ4v) is 5.60. The molecule has 1 N–H and O–H groups in total. The monoisotopic (exact) mass is 481 g/mol. The maximum atomic E-state index is 13.5. The average molecular weight is 482 g/mol. The molecule has 0 bridgehead atoms. The molecular formula is C28H35NO6. The van der Waals surface area contributed by atoms with E-state index in [1.165, 1.54) is 0 Å². The lowest BCUT2D eigenvalue weighted by Crippen LogP contribution is -2.56. The predicted molar refractivity (Wildman–Crippen MR) is 134 cm³/mol. The van der Waals surface area contributed by atoms with Crippen LogP contribution in [0.3, 0.4) is 0 Å². The summed E-state index contributed by atoms with van der Waals surface area (Å²) < 4.78 is 21.6. The van der Waals surface area contributed by atoms with Crippen molar-refractivity contribution in [3.05, 3.63) is 53.6 Å². The third-order valence-corrected chi connectivity index (χ3v) is 7.41. The van der Waals surface area contributed by atoms with Gasteiger partial charge in [-0.05, 0) is 60.7 Å². The van der Waals surface area contributed by atoms with Gasteiger partial charge in [-0.1, -0.05) is 25.0 Å². The second kappa shape index (κ2) is 10.6. The molecule has 1 aliphatic heterocycles. The van der Waals surface area contributed by atoms with E-state index in [2.05, 4.69) is 0 Å². The van der Waals surface area contributed by atoms with E-state index in [-0.39, 0.29) is 17.9 Å². The second-order valence-corrected chi connectivity index (χ2v) is 9.25. The zero-order valence-electron chi connectivity index (χ0n) is 21.0. The summed E-state index contributed by atoms with van der Waals surface area (Å²) >= 11 is 0. The van der Waals surface area contributed by atoms with Crippen LogP contribution in [0.15, 0.2) is 42.5 Å². The number of rotatable bonds is 7. The number of piperidine rings is 1. The first-order chi connectivity index (χ1) is 16.9. The van der Waals surface area contributed by atoms with Gasteiger partial charge >= 0.3 is 0 Å². The summed E-state index contributed by atoms with van der Waals surface area (Å²) in [6.45, 7) is 0.502. The minimum Gasteiger partial charge on any atom is -0.497 e. The van der Waals surface area contributed by atoms with Gasteiger partial charge in [0.1, 0.15) is 5.75 Å². The van der Waals surface area contributed by atoms with Crippen LogP contribution in [0.2, 0.25) is 0 Å². The highest BCUT2D eigenvalue weighted by molar-refractivity contribution is 5.92. The summed E-state index contributed by atoms with van der Waals surface area (Å²) in [5.74, 6) is 2.24. The van der Waals surface area contributed by atoms with Crippen molar-refractivity contribution < 1.29 is 28.8 Å². The molecule has 7 nitrogen and oxygen atoms in total. The number of methoxy groups -OCH3 is 4. The van der Waals surface area contributed by atoms with Gasteiger partial charge in [0.15, 0.2) is 11.5 Å². The maximum Gasteiger partial charge on any atom is 0.247 e. The van der Waals surface area contributed by atoms with Crippen LogP contribution in [0.1, 0.15) is 49.3 Å². The molecule has 1 aliphatic carbocycles. The second-order valence-electron chi connectivity index (χ2n) is 9.25. The van der Waals surface area contributed by atoms with E-state index in [1.807, 2.05) is 41.3 Å². The highest BCUT2D eigenvalue weighted by atomic mass is 16.5. The SMILES string of the molecule is COc1ccc([C@H]2C3CCCCC3(O)CCN2C(=O)C=Cc2cc(OC)c(OC)c(OC)c2)cc1. The Kier molecular flexibility index (Phi) is 7.55. The summed E-state index contributed by atoms with van der Waals surface area (Å²) in [4.78, 5) is 15.4. The predicted octanol–water partition coefficient (Wildman–Crippen LogP) is 4.63. The Morgan fingerprint density at radius 3 is 2.26 bits per heavy atom. The first-order valence-corrected chi connectivity index (χ1v) is 12.1. The lowest BCUT2D eigenvalue weighted by molar-refractivity contribution is -0.150. The zero-order valence-corrected chi connectivity index (χ0v) is 21.0. The van der Waals surface area contributed by atoms with Crippen LogP contribution in [-0.2, 0) is 4.79 Å². The number of hydrogen-bond acceptors (Lipinski definition) is 6. The lowest BCUT2D eigenvalue weighted by atomic mass is 9.66. The van der Waals surface area contributed by atoms with Gasteiger partial charge in [0.05, 0.1) is 40.1 Å². The van der Waals surface area contributed by atoms with E-state index in [4.69, 9.17) is 18.9 Å². The van der Waals surface area contributed by atoms with Gasteiger partial charge in [-0.15, -0.1) is 0 Å². The van der Waals surface area contributed by atoms with Crippen molar-refractivity contribution in [2.24, 2.45) is 5.92 Å². The number of hydrogen-bond donors (Lipinski definition) is 1. The molecule has 1 saturated heterocycles. The van der Waals surface area contributed by atoms with E-state index in [9.17, 15) is 9.90 Å². The molecular weight excluding hydrogens is 446 g/mol. The molecule has 7 heteroatoms. The summed E-state index contributed by atoms with van der Waals surface area (Å²) in [5, 5.41) is 11.5. The fraction of sp³-hybridized carbons (Fsp3) is 0.464. The summed E-state index contributed by atoms with van der Waals surface area (Å²) in [7, 11) is 6.32. The third-order valence-electron chi connectivity index (χ3n) is 7.41. The van der Waals surface area contributed by atoms with Crippen LogP contribution in [0.4, 0.5) is 0 Å². The van der Waals surface area contributed by atoms with Crippen LogP contribution in [0, 0.1) is 5.92 Å². The number of amides is 1. The van der Waals surface area contributed by atoms with E-state index >= 15 is 0 Å². The normalized spacial score (nSPS) is 24.1. The Morgan fingerprint density at radius 2 is 1.66 bits per heavy atom. The number of fused-ring (bicyclic) bond motifs is 1. The van der Waals surface area contributed by atoms with Crippen molar-refractivity contribution in [3.63, 3.8) is 0 Å². The number of likely N-dealkylation sites (tertiary alicyclic amines) is 1. The molecule has 0 spiro atoms. The molecule has 4 rings (SSSR count). The number of ether oxygens (including phenoxy) is 4. The minimum atomic E-state index is -0.736. The molecule has 2 unspecified atom stereocenters. The van der Waals surface area contributed by atoms with Crippen molar-refractivity contribution in [2.75, 3.05) is 35.0 Å². The van der Waals surface area contributed by atoms with Gasteiger partial charge in [-0.2, -0.15) is 0 Å². The van der Waals surface area contributed by atoms with Crippen LogP contribution in [-0.4, -0.2) is 56.5 Å². The Labute approximate surface area is 207 Å². The molecule has 2 aliphatic rings. The van der Waals surface area contributed by atoms with Gasteiger partial charge in [-0.3, -0.25) is 4.79 Å². The van der Waals surface area contributed by atoms with Crippen LogP contribution in [0.5, 0.6) is 23.0 Å². The number of carbonyl (C=O) groups excluding carboxylic acids is 1. The van der Waals surface area contributed by atoms with E-state index in [1.54, 1.807) is 40.6 Å². The highest BCUT2D eigenvalue weighted by Crippen LogP contribution is 2.49. The fourth-order valence-electron chi connectivity index (χ4n) is 5.60. The van der Waals surface area contributed by atoms with Crippen molar-refractivity contribution >= 4 is 12.0 Å². The van der Waals surface area contributed by atoms with Crippen LogP contribution >= 0.6 is 0 Å². The summed E-state index contributed by atoms with van der Waals surface area (Å²) in [6.07, 6.45) is 7.71. The number of aliphatic hydroxyl groups is 1. The van der Waals surface area contributed by atoms with Crippen LogP contribution < -0.4 is 18.9 Å². The standard InChI is InChI=1S/C28H35NO6/c1-32-21-11-9-20(10-12-21)26-22-7-5-6-14-28(22,31)15-16-29(26)25(30)13-8-19-17-23(33-2)27(35-4)24(18-19)34-3/h8-13,17-18,22,26,31H,5-7,14-16H2,1-4H3/t22?,26-,28?/m0/s1. The number of carbonyl (C=O) groups is 1. The van der Waals surface area contributed by atoms with Crippen molar-refractivity contribution in [2.45, 2.75) is 43.7 Å². The van der Waals surface area contributed by atoms with Gasteiger partial charge in [-0.25, -0.2) is 0 Å². The molecule has 3 atom stereocenters. The van der Waals surface area contributed by atoms with E-state index in [0.717, 1.165) is 42.6 Å². The van der Waals surface area contributed by atoms with Gasteiger partial charge in [0.2, 0.25) is 11.7 Å². The summed E-state index contributed by atoms with van der Waals surface area (Å²) in [5.41, 5.74) is 1.05. The molecule has 0 aromatic heterocycles. The Balaban J connectivity index is 1.65. The Bertz CT molecular complexity index is 1040. The third kappa shape index (κ3) is 4.96. The van der Waals surface area contributed by atoms with Gasteiger partial charge in [0.25, 0.3) is 0 Å². The quantitative estimate of drug-likeness (QED) is 0.581. The number of nitrogens with zero attached hydrogens (tertiary/aromatic N) is 1. The molecule has 2 aromatic carbocycles. The van der Waals surface area contributed by atoms with Crippen LogP contribution in [0.25, 0.3) is 6.08 Å². The molecule has 1 heterocycles. The Hall–Kier alpha value is -3.19. The lowest BCUT2D eigenvalue weighted by Gasteiger charge is -2.52. The minimum absolute atomic E-state index is 0.00285. The Morgan fingerprint density at radius 1 is 0.971 bits per heavy atom. The largest absolute Gasteiger partial charge is 0.497 e. The zero-order chi connectivity index (χ0) is 25.0. The molecule has 1 amide bonds. The molecule has 0 radical (unpaired) electrons. The maximum absolute atomic E-state index is 13.5. The molecule has 1 saturated carbocycles. The number of benzene rings is 2. The topological polar surface area (TPSA) is 77.5 Å². The first kappa shape index (κ1) is 24.9. The van der Waals surface area contributed by atoms with Gasteiger partial charge < -0.3 is 29.0 Å². The molecule has 2 aromatic rings. The highest BCUT2D eigenvalue weighted by Gasteiger charge is 2.49.